The van der Waals surface area contributed by atoms with Crippen molar-refractivity contribution in [2.45, 2.75) is 6.42 Å². The van der Waals surface area contributed by atoms with Crippen LogP contribution in [0.5, 0.6) is 0 Å². The third-order valence-electron chi connectivity index (χ3n) is 2.55. The second-order valence-corrected chi connectivity index (χ2v) is 4.74. The Hall–Kier alpha value is -1.93. The summed E-state index contributed by atoms with van der Waals surface area (Å²) in [4.78, 5) is 11.7. The van der Waals surface area contributed by atoms with E-state index in [-0.39, 0.29) is 12.0 Å². The predicted octanol–water partition coefficient (Wildman–Crippen LogP) is 2.28. The summed E-state index contributed by atoms with van der Waals surface area (Å²) in [6.45, 7) is 0. The van der Waals surface area contributed by atoms with Gasteiger partial charge in [-0.1, -0.05) is 28.1 Å². The van der Waals surface area contributed by atoms with Gasteiger partial charge in [-0.3, -0.25) is 4.79 Å². The van der Waals surface area contributed by atoms with Crippen molar-refractivity contribution in [3.05, 3.63) is 50.7 Å². The zero-order valence-corrected chi connectivity index (χ0v) is 11.3. The summed E-state index contributed by atoms with van der Waals surface area (Å²) in [5.74, 6) is 0. The molecule has 0 fully saturated rings. The zero-order valence-electron chi connectivity index (χ0n) is 9.72. The first-order valence-corrected chi connectivity index (χ1v) is 6.11. The van der Waals surface area contributed by atoms with Gasteiger partial charge in [-0.25, -0.2) is 4.68 Å². The number of nitriles is 1. The molecule has 0 spiro atoms. The van der Waals surface area contributed by atoms with Crippen molar-refractivity contribution >= 4 is 15.9 Å². The molecule has 1 aromatic carbocycles. The van der Waals surface area contributed by atoms with Crippen LogP contribution in [0, 0.1) is 11.3 Å². The lowest BCUT2D eigenvalue weighted by molar-refractivity contribution is 0.702. The minimum absolute atomic E-state index is 0.0960. The number of benzene rings is 1. The molecule has 0 saturated heterocycles. The molecule has 2 rings (SSSR count). The van der Waals surface area contributed by atoms with E-state index in [1.165, 1.54) is 4.68 Å². The van der Waals surface area contributed by atoms with Crippen molar-refractivity contribution in [2.24, 2.45) is 7.05 Å². The molecule has 0 bridgehead atoms. The fourth-order valence-electron chi connectivity index (χ4n) is 1.64. The molecule has 0 N–H and O–H groups in total. The molecule has 90 valence electrons. The summed E-state index contributed by atoms with van der Waals surface area (Å²) in [5, 5.41) is 12.9. The molecule has 18 heavy (non-hydrogen) atoms. The van der Waals surface area contributed by atoms with Crippen LogP contribution >= 0.6 is 15.9 Å². The topological polar surface area (TPSA) is 58.7 Å². The first-order valence-electron chi connectivity index (χ1n) is 5.32. The second-order valence-electron chi connectivity index (χ2n) is 3.83. The van der Waals surface area contributed by atoms with Crippen molar-refractivity contribution in [3.8, 4) is 17.3 Å². The third-order valence-corrected chi connectivity index (χ3v) is 3.08. The molecular formula is C13H10BrN3O. The van der Waals surface area contributed by atoms with Crippen LogP contribution < -0.4 is 5.56 Å². The lowest BCUT2D eigenvalue weighted by Crippen LogP contribution is -2.23. The van der Waals surface area contributed by atoms with Gasteiger partial charge < -0.3 is 0 Å². The number of nitrogens with zero attached hydrogens (tertiary/aromatic N) is 3. The van der Waals surface area contributed by atoms with Gasteiger partial charge in [0, 0.05) is 22.6 Å². The highest BCUT2D eigenvalue weighted by atomic mass is 79.9. The summed E-state index contributed by atoms with van der Waals surface area (Å²) >= 11 is 3.36. The van der Waals surface area contributed by atoms with E-state index >= 15 is 0 Å². The van der Waals surface area contributed by atoms with Crippen LogP contribution in [0.25, 0.3) is 11.3 Å². The van der Waals surface area contributed by atoms with Crippen molar-refractivity contribution < 1.29 is 0 Å². The molecular weight excluding hydrogens is 294 g/mol. The third kappa shape index (κ3) is 2.49. The summed E-state index contributed by atoms with van der Waals surface area (Å²) in [6, 6.07) is 11.3. The minimum Gasteiger partial charge on any atom is -0.267 e. The first kappa shape index (κ1) is 12.5. The Labute approximate surface area is 113 Å². The number of halogens is 1. The molecule has 2 aromatic rings. The SMILES string of the molecule is Cn1nc(-c2ccc(Br)cc2)cc(CC#N)c1=O. The smallest absolute Gasteiger partial charge is 0.267 e. The van der Waals surface area contributed by atoms with Crippen molar-refractivity contribution in [1.82, 2.24) is 9.78 Å². The van der Waals surface area contributed by atoms with Gasteiger partial charge in [0.2, 0.25) is 0 Å². The molecule has 0 saturated carbocycles. The highest BCUT2D eigenvalue weighted by molar-refractivity contribution is 9.10. The van der Waals surface area contributed by atoms with Crippen LogP contribution in [0.1, 0.15) is 5.56 Å². The average molecular weight is 304 g/mol. The Balaban J connectivity index is 2.56. The molecule has 0 amide bonds. The normalized spacial score (nSPS) is 10.1. The van der Waals surface area contributed by atoms with Crippen LogP contribution in [0.4, 0.5) is 0 Å². The molecule has 0 aliphatic carbocycles. The van der Waals surface area contributed by atoms with E-state index in [1.807, 2.05) is 30.3 Å². The van der Waals surface area contributed by atoms with E-state index in [9.17, 15) is 4.79 Å². The Morgan fingerprint density at radius 1 is 1.39 bits per heavy atom. The van der Waals surface area contributed by atoms with E-state index < -0.39 is 0 Å². The maximum atomic E-state index is 11.7. The fourth-order valence-corrected chi connectivity index (χ4v) is 1.91. The number of hydrogen-bond donors (Lipinski definition) is 0. The number of aryl methyl sites for hydroxylation is 1. The van der Waals surface area contributed by atoms with Gasteiger partial charge >= 0.3 is 0 Å². The van der Waals surface area contributed by atoms with Crippen LogP contribution in [0.3, 0.4) is 0 Å². The molecule has 5 heteroatoms. The van der Waals surface area contributed by atoms with Crippen molar-refractivity contribution in [1.29, 1.82) is 5.26 Å². The Morgan fingerprint density at radius 3 is 2.67 bits per heavy atom. The van der Waals surface area contributed by atoms with Gasteiger partial charge in [-0.2, -0.15) is 10.4 Å². The van der Waals surface area contributed by atoms with Crippen LogP contribution in [0.2, 0.25) is 0 Å². The molecule has 1 aromatic heterocycles. The lowest BCUT2D eigenvalue weighted by Gasteiger charge is -2.05. The summed E-state index contributed by atoms with van der Waals surface area (Å²) < 4.78 is 2.25. The van der Waals surface area contributed by atoms with Gasteiger partial charge in [-0.05, 0) is 18.2 Å². The molecule has 0 unspecified atom stereocenters. The number of rotatable bonds is 2. The average Bonchev–Trinajstić information content (AvgIpc) is 2.36. The number of aromatic nitrogens is 2. The molecule has 4 nitrogen and oxygen atoms in total. The standard InChI is InChI=1S/C13H10BrN3O/c1-17-13(18)10(6-7-15)8-12(16-17)9-2-4-11(14)5-3-9/h2-5,8H,6H2,1H3. The zero-order chi connectivity index (χ0) is 13.1. The van der Waals surface area contributed by atoms with Gasteiger partial charge in [0.05, 0.1) is 18.2 Å². The van der Waals surface area contributed by atoms with E-state index in [0.717, 1.165) is 10.0 Å². The number of hydrogen-bond acceptors (Lipinski definition) is 3. The Kier molecular flexibility index (Phi) is 3.58. The molecule has 0 aliphatic rings. The monoisotopic (exact) mass is 303 g/mol. The van der Waals surface area contributed by atoms with Gasteiger partial charge in [0.25, 0.3) is 5.56 Å². The first-order chi connectivity index (χ1) is 8.61. The summed E-state index contributed by atoms with van der Waals surface area (Å²) in [6.07, 6.45) is 0.0960. The predicted molar refractivity (Wildman–Crippen MR) is 71.9 cm³/mol. The largest absolute Gasteiger partial charge is 0.270 e. The Bertz CT molecular complexity index is 668. The van der Waals surface area contributed by atoms with Gasteiger partial charge in [0.15, 0.2) is 0 Å². The van der Waals surface area contributed by atoms with Gasteiger partial charge in [0.1, 0.15) is 0 Å². The molecule has 0 atom stereocenters. The second kappa shape index (κ2) is 5.15. The lowest BCUT2D eigenvalue weighted by atomic mass is 10.1. The molecule has 1 heterocycles. The molecule has 0 radical (unpaired) electrons. The van der Waals surface area contributed by atoms with E-state index in [1.54, 1.807) is 13.1 Å². The fraction of sp³-hybridized carbons (Fsp3) is 0.154. The van der Waals surface area contributed by atoms with E-state index in [0.29, 0.717) is 11.3 Å². The highest BCUT2D eigenvalue weighted by Gasteiger charge is 2.07. The highest BCUT2D eigenvalue weighted by Crippen LogP contribution is 2.19. The van der Waals surface area contributed by atoms with Crippen molar-refractivity contribution in [3.63, 3.8) is 0 Å². The quantitative estimate of drug-likeness (QED) is 0.855. The van der Waals surface area contributed by atoms with E-state index in [4.69, 9.17) is 5.26 Å². The molecule has 0 aliphatic heterocycles. The maximum absolute atomic E-state index is 11.7. The van der Waals surface area contributed by atoms with E-state index in [2.05, 4.69) is 21.0 Å². The summed E-state index contributed by atoms with van der Waals surface area (Å²) in [7, 11) is 1.59. The summed E-state index contributed by atoms with van der Waals surface area (Å²) in [5.41, 5.74) is 1.84. The van der Waals surface area contributed by atoms with Crippen molar-refractivity contribution in [2.75, 3.05) is 0 Å². The van der Waals surface area contributed by atoms with Crippen LogP contribution in [-0.4, -0.2) is 9.78 Å². The Morgan fingerprint density at radius 2 is 2.06 bits per heavy atom. The van der Waals surface area contributed by atoms with Crippen LogP contribution in [-0.2, 0) is 13.5 Å². The van der Waals surface area contributed by atoms with Crippen LogP contribution in [0.15, 0.2) is 39.6 Å². The maximum Gasteiger partial charge on any atom is 0.270 e. The minimum atomic E-state index is -0.225. The van der Waals surface area contributed by atoms with Gasteiger partial charge in [-0.15, -0.1) is 0 Å².